The van der Waals surface area contributed by atoms with Gasteiger partial charge in [0.15, 0.2) is 0 Å². The highest BCUT2D eigenvalue weighted by Gasteiger charge is 2.38. The second-order valence-corrected chi connectivity index (χ2v) is 7.60. The lowest BCUT2D eigenvalue weighted by Crippen LogP contribution is -2.53. The number of likely N-dealkylation sites (N-methyl/N-ethyl adjacent to an activating group) is 2. The molecule has 0 spiro atoms. The molecule has 2 rings (SSSR count). The van der Waals surface area contributed by atoms with Gasteiger partial charge in [0.25, 0.3) is 0 Å². The minimum Gasteiger partial charge on any atom is -0.305 e. The van der Waals surface area contributed by atoms with Crippen LogP contribution in [0.15, 0.2) is 5.38 Å². The van der Waals surface area contributed by atoms with E-state index in [9.17, 15) is 0 Å². The average Bonchev–Trinajstić information content (AvgIpc) is 2.78. The molecule has 1 atom stereocenters. The van der Waals surface area contributed by atoms with Crippen molar-refractivity contribution < 1.29 is 0 Å². The van der Waals surface area contributed by atoms with Crippen molar-refractivity contribution >= 4 is 11.3 Å². The van der Waals surface area contributed by atoms with Gasteiger partial charge in [0.1, 0.15) is 5.01 Å². The molecule has 1 fully saturated rings. The quantitative estimate of drug-likeness (QED) is 0.923. The topological polar surface area (TPSA) is 28.2 Å². The molecular formula is C15H27N3S. The Balaban J connectivity index is 2.31. The Hall–Kier alpha value is -0.450. The van der Waals surface area contributed by atoms with Crippen molar-refractivity contribution in [2.75, 3.05) is 26.7 Å². The fourth-order valence-electron chi connectivity index (χ4n) is 2.84. The van der Waals surface area contributed by atoms with Crippen LogP contribution in [0.25, 0.3) is 0 Å². The third-order valence-corrected chi connectivity index (χ3v) is 4.93. The molecule has 0 aliphatic carbocycles. The van der Waals surface area contributed by atoms with E-state index in [0.717, 1.165) is 13.1 Å². The van der Waals surface area contributed by atoms with Crippen LogP contribution in [0.5, 0.6) is 0 Å². The molecule has 108 valence electrons. The van der Waals surface area contributed by atoms with Crippen LogP contribution in [0.3, 0.4) is 0 Å². The van der Waals surface area contributed by atoms with Crippen molar-refractivity contribution in [2.24, 2.45) is 0 Å². The standard InChI is InChI=1S/C15H27N3S/c1-6-16-15(8-7-9-18(5)11-15)13-17-12(10-19-13)14(2,3)4/h10,16H,6-9,11H2,1-5H3. The zero-order valence-corrected chi connectivity index (χ0v) is 13.7. The summed E-state index contributed by atoms with van der Waals surface area (Å²) in [4.78, 5) is 7.38. The minimum absolute atomic E-state index is 0.0654. The van der Waals surface area contributed by atoms with Crippen LogP contribution < -0.4 is 5.32 Å². The average molecular weight is 281 g/mol. The van der Waals surface area contributed by atoms with Crippen LogP contribution in [0, 0.1) is 0 Å². The van der Waals surface area contributed by atoms with Gasteiger partial charge in [0.2, 0.25) is 0 Å². The van der Waals surface area contributed by atoms with Gasteiger partial charge in [-0.3, -0.25) is 0 Å². The number of nitrogens with zero attached hydrogens (tertiary/aromatic N) is 2. The second kappa shape index (κ2) is 5.51. The van der Waals surface area contributed by atoms with Crippen molar-refractivity contribution in [3.8, 4) is 0 Å². The molecule has 1 aromatic rings. The van der Waals surface area contributed by atoms with Gasteiger partial charge < -0.3 is 10.2 Å². The first-order valence-corrected chi connectivity index (χ1v) is 8.15. The summed E-state index contributed by atoms with van der Waals surface area (Å²) >= 11 is 1.82. The van der Waals surface area contributed by atoms with Crippen LogP contribution >= 0.6 is 11.3 Å². The fourth-order valence-corrected chi connectivity index (χ4v) is 4.09. The summed E-state index contributed by atoms with van der Waals surface area (Å²) in [7, 11) is 2.21. The van der Waals surface area contributed by atoms with Crippen LogP contribution in [0.4, 0.5) is 0 Å². The lowest BCUT2D eigenvalue weighted by atomic mass is 9.89. The van der Waals surface area contributed by atoms with Gasteiger partial charge in [0.05, 0.1) is 11.2 Å². The smallest absolute Gasteiger partial charge is 0.114 e. The van der Waals surface area contributed by atoms with Crippen molar-refractivity contribution in [1.29, 1.82) is 0 Å². The molecule has 4 heteroatoms. The molecule has 0 amide bonds. The van der Waals surface area contributed by atoms with E-state index in [-0.39, 0.29) is 11.0 Å². The highest BCUT2D eigenvalue weighted by atomic mass is 32.1. The highest BCUT2D eigenvalue weighted by molar-refractivity contribution is 7.09. The number of likely N-dealkylation sites (tertiary alicyclic amines) is 1. The Labute approximate surface area is 121 Å². The highest BCUT2D eigenvalue weighted by Crippen LogP contribution is 2.35. The molecule has 0 radical (unpaired) electrons. The van der Waals surface area contributed by atoms with Gasteiger partial charge in [0, 0.05) is 17.3 Å². The molecule has 2 heterocycles. The third-order valence-electron chi connectivity index (χ3n) is 3.88. The van der Waals surface area contributed by atoms with Crippen molar-refractivity contribution in [1.82, 2.24) is 15.2 Å². The zero-order chi connectivity index (χ0) is 14.1. The first-order chi connectivity index (χ1) is 8.87. The van der Waals surface area contributed by atoms with Crippen LogP contribution in [-0.2, 0) is 11.0 Å². The molecule has 0 aromatic carbocycles. The number of hydrogen-bond acceptors (Lipinski definition) is 4. The van der Waals surface area contributed by atoms with Crippen molar-refractivity contribution in [3.63, 3.8) is 0 Å². The monoisotopic (exact) mass is 281 g/mol. The van der Waals surface area contributed by atoms with E-state index < -0.39 is 0 Å². The molecule has 3 nitrogen and oxygen atoms in total. The summed E-state index contributed by atoms with van der Waals surface area (Å²) in [6.45, 7) is 12.2. The predicted molar refractivity (Wildman–Crippen MR) is 82.9 cm³/mol. The predicted octanol–water partition coefficient (Wildman–Crippen LogP) is 2.97. The molecule has 1 aromatic heterocycles. The van der Waals surface area contributed by atoms with Gasteiger partial charge >= 0.3 is 0 Å². The lowest BCUT2D eigenvalue weighted by Gasteiger charge is -2.40. The lowest BCUT2D eigenvalue weighted by molar-refractivity contribution is 0.145. The van der Waals surface area contributed by atoms with Crippen molar-refractivity contribution in [2.45, 2.75) is 51.5 Å². The Morgan fingerprint density at radius 3 is 2.74 bits per heavy atom. The molecule has 1 unspecified atom stereocenters. The van der Waals surface area contributed by atoms with E-state index in [4.69, 9.17) is 4.98 Å². The van der Waals surface area contributed by atoms with Gasteiger partial charge in [-0.15, -0.1) is 11.3 Å². The van der Waals surface area contributed by atoms with E-state index in [1.807, 2.05) is 11.3 Å². The molecular weight excluding hydrogens is 254 g/mol. The van der Waals surface area contributed by atoms with Gasteiger partial charge in [-0.1, -0.05) is 27.7 Å². The Morgan fingerprint density at radius 2 is 2.21 bits per heavy atom. The van der Waals surface area contributed by atoms with Gasteiger partial charge in [-0.25, -0.2) is 4.98 Å². The van der Waals surface area contributed by atoms with Crippen molar-refractivity contribution in [3.05, 3.63) is 16.1 Å². The van der Waals surface area contributed by atoms with E-state index >= 15 is 0 Å². The maximum Gasteiger partial charge on any atom is 0.114 e. The summed E-state index contributed by atoms with van der Waals surface area (Å²) in [5.41, 5.74) is 1.43. The number of piperidine rings is 1. The Morgan fingerprint density at radius 1 is 1.47 bits per heavy atom. The first-order valence-electron chi connectivity index (χ1n) is 7.27. The molecule has 1 N–H and O–H groups in total. The second-order valence-electron chi connectivity index (χ2n) is 6.74. The van der Waals surface area contributed by atoms with Crippen LogP contribution in [0.2, 0.25) is 0 Å². The number of rotatable bonds is 3. The Kier molecular flexibility index (Phi) is 4.33. The molecule has 1 aliphatic heterocycles. The number of nitrogens with one attached hydrogen (secondary N) is 1. The maximum absolute atomic E-state index is 4.96. The minimum atomic E-state index is 0.0654. The molecule has 19 heavy (non-hydrogen) atoms. The van der Waals surface area contributed by atoms with E-state index in [2.05, 4.69) is 50.3 Å². The molecule has 0 saturated carbocycles. The molecule has 1 aliphatic rings. The van der Waals surface area contributed by atoms with E-state index in [1.165, 1.54) is 30.1 Å². The molecule has 1 saturated heterocycles. The molecule has 0 bridgehead atoms. The Bertz CT molecular complexity index is 417. The maximum atomic E-state index is 4.96. The largest absolute Gasteiger partial charge is 0.305 e. The first kappa shape index (κ1) is 14.9. The summed E-state index contributed by atoms with van der Waals surface area (Å²) in [6, 6.07) is 0. The SMILES string of the molecule is CCNC1(c2nc(C(C)(C)C)cs2)CCCN(C)C1. The zero-order valence-electron chi connectivity index (χ0n) is 12.9. The fraction of sp³-hybridized carbons (Fsp3) is 0.800. The summed E-state index contributed by atoms with van der Waals surface area (Å²) in [5, 5.41) is 7.22. The van der Waals surface area contributed by atoms with Gasteiger partial charge in [-0.05, 0) is 33.0 Å². The summed E-state index contributed by atoms with van der Waals surface area (Å²) in [6.07, 6.45) is 2.44. The number of thiazole rings is 1. The van der Waals surface area contributed by atoms with E-state index in [1.54, 1.807) is 0 Å². The number of aromatic nitrogens is 1. The summed E-state index contributed by atoms with van der Waals surface area (Å²) in [5.74, 6) is 0. The summed E-state index contributed by atoms with van der Waals surface area (Å²) < 4.78 is 0. The van der Waals surface area contributed by atoms with E-state index in [0.29, 0.717) is 0 Å². The number of hydrogen-bond donors (Lipinski definition) is 1. The van der Waals surface area contributed by atoms with Gasteiger partial charge in [-0.2, -0.15) is 0 Å². The van der Waals surface area contributed by atoms with Crippen LogP contribution in [-0.4, -0.2) is 36.6 Å². The normalized spacial score (nSPS) is 25.7. The third kappa shape index (κ3) is 3.18. The van der Waals surface area contributed by atoms with Crippen LogP contribution in [0.1, 0.15) is 51.2 Å².